The number of aromatic nitrogens is 4. The van der Waals surface area contributed by atoms with Crippen LogP contribution >= 0.6 is 7.75 Å². The molecule has 4 N–H and O–H groups in total. The largest absolute Gasteiger partial charge is 0.468 e. The van der Waals surface area contributed by atoms with Crippen molar-refractivity contribution in [3.05, 3.63) is 36.7 Å². The number of hydrogen-bond acceptors (Lipinski definition) is 12. The molecular formula is C24H31FN7O7P. The summed E-state index contributed by atoms with van der Waals surface area (Å²) in [5.41, 5.74) is 4.26. The molecule has 2 saturated heterocycles. The van der Waals surface area contributed by atoms with Crippen molar-refractivity contribution >= 4 is 36.6 Å². The summed E-state index contributed by atoms with van der Waals surface area (Å²) in [6.07, 6.45) is -2.01. The summed E-state index contributed by atoms with van der Waals surface area (Å²) in [6.45, 7) is 3.60. The highest BCUT2D eigenvalue weighted by Crippen LogP contribution is 2.48. The Kier molecular flexibility index (Phi) is 7.68. The second kappa shape index (κ2) is 10.9. The number of ether oxygens (including phenoxy) is 2. The monoisotopic (exact) mass is 579 g/mol. The first-order valence-electron chi connectivity index (χ1n) is 12.6. The Bertz CT molecular complexity index is 1420. The predicted molar refractivity (Wildman–Crippen MR) is 141 cm³/mol. The average molecular weight is 580 g/mol. The number of nitrogens with zero attached hydrogens (tertiary/aromatic N) is 5. The van der Waals surface area contributed by atoms with Crippen LogP contribution in [0.1, 0.15) is 26.5 Å². The zero-order valence-corrected chi connectivity index (χ0v) is 23.0. The van der Waals surface area contributed by atoms with E-state index in [-0.39, 0.29) is 17.3 Å². The normalized spacial score (nSPS) is 26.7. The fraction of sp³-hybridized carbons (Fsp3) is 0.500. The molecule has 2 aliphatic heterocycles. The number of para-hydroxylation sites is 1. The Labute approximate surface area is 229 Å². The highest BCUT2D eigenvalue weighted by atomic mass is 31.2. The Hall–Kier alpha value is -3.36. The average Bonchev–Trinajstić information content (AvgIpc) is 3.39. The lowest BCUT2D eigenvalue weighted by Crippen LogP contribution is -2.41. The van der Waals surface area contributed by atoms with Crippen molar-refractivity contribution in [1.82, 2.24) is 24.6 Å². The lowest BCUT2D eigenvalue weighted by Gasteiger charge is -2.32. The van der Waals surface area contributed by atoms with Crippen LogP contribution in [-0.4, -0.2) is 81.3 Å². The minimum atomic E-state index is -4.25. The van der Waals surface area contributed by atoms with E-state index in [1.165, 1.54) is 31.9 Å². The first-order chi connectivity index (χ1) is 19.0. The minimum Gasteiger partial charge on any atom is -0.468 e. The molecule has 2 unspecified atom stereocenters. The number of esters is 1. The van der Waals surface area contributed by atoms with Crippen molar-refractivity contribution in [3.8, 4) is 5.75 Å². The number of fused-ring (bicyclic) bond motifs is 1. The van der Waals surface area contributed by atoms with Gasteiger partial charge in [-0.15, -0.1) is 0 Å². The number of nitrogens with one attached hydrogen (secondary N) is 1. The Morgan fingerprint density at radius 2 is 2.08 bits per heavy atom. The number of benzene rings is 1. The molecule has 2 aliphatic rings. The molecule has 2 fully saturated rings. The number of hydrogen-bond donors (Lipinski definition) is 3. The van der Waals surface area contributed by atoms with Crippen molar-refractivity contribution in [1.29, 1.82) is 0 Å². The maximum Gasteiger partial charge on any atom is 0.459 e. The van der Waals surface area contributed by atoms with Crippen molar-refractivity contribution in [3.63, 3.8) is 0 Å². The molecule has 4 heterocycles. The molecule has 0 saturated carbocycles. The quantitative estimate of drug-likeness (QED) is 0.235. The lowest BCUT2D eigenvalue weighted by molar-refractivity contribution is -0.142. The zero-order valence-electron chi connectivity index (χ0n) is 22.1. The van der Waals surface area contributed by atoms with Gasteiger partial charge in [0.1, 0.15) is 24.0 Å². The predicted octanol–water partition coefficient (Wildman–Crippen LogP) is 1.96. The van der Waals surface area contributed by atoms with E-state index in [0.29, 0.717) is 11.3 Å². The molecule has 0 radical (unpaired) electrons. The van der Waals surface area contributed by atoms with Gasteiger partial charge in [0, 0.05) is 13.1 Å². The molecule has 16 heteroatoms. The summed E-state index contributed by atoms with van der Waals surface area (Å²) in [5, 5.41) is 13.4. The van der Waals surface area contributed by atoms with Crippen LogP contribution < -0.4 is 20.2 Å². The molecule has 6 atom stereocenters. The fourth-order valence-electron chi connectivity index (χ4n) is 4.54. The zero-order chi connectivity index (χ0) is 28.7. The van der Waals surface area contributed by atoms with E-state index in [0.717, 1.165) is 19.5 Å². The lowest BCUT2D eigenvalue weighted by atomic mass is 9.98. The third-order valence-corrected chi connectivity index (χ3v) is 8.47. The van der Waals surface area contributed by atoms with E-state index in [1.807, 2.05) is 4.90 Å². The first-order valence-corrected chi connectivity index (χ1v) is 14.2. The number of carbonyl (C=O) groups is 1. The van der Waals surface area contributed by atoms with Crippen molar-refractivity contribution in [2.24, 2.45) is 0 Å². The number of anilines is 2. The Morgan fingerprint density at radius 1 is 1.35 bits per heavy atom. The van der Waals surface area contributed by atoms with Crippen LogP contribution in [0, 0.1) is 0 Å². The molecule has 40 heavy (non-hydrogen) atoms. The van der Waals surface area contributed by atoms with Crippen LogP contribution in [0.2, 0.25) is 0 Å². The van der Waals surface area contributed by atoms with E-state index >= 15 is 4.39 Å². The second-order valence-corrected chi connectivity index (χ2v) is 11.5. The molecular weight excluding hydrogens is 548 g/mol. The van der Waals surface area contributed by atoms with Gasteiger partial charge in [-0.1, -0.05) is 18.2 Å². The molecule has 14 nitrogen and oxygen atoms in total. The van der Waals surface area contributed by atoms with Gasteiger partial charge in [0.2, 0.25) is 5.95 Å². The van der Waals surface area contributed by atoms with E-state index in [2.05, 4.69) is 24.8 Å². The molecule has 3 aromatic rings. The Balaban J connectivity index is 1.38. The van der Waals surface area contributed by atoms with Gasteiger partial charge in [-0.05, 0) is 32.4 Å². The minimum absolute atomic E-state index is 0.0139. The van der Waals surface area contributed by atoms with Gasteiger partial charge in [-0.2, -0.15) is 15.1 Å². The molecule has 0 spiro atoms. The van der Waals surface area contributed by atoms with Gasteiger partial charge in [0.25, 0.3) is 0 Å². The van der Waals surface area contributed by atoms with Crippen LogP contribution in [0.4, 0.5) is 16.2 Å². The highest BCUT2D eigenvalue weighted by molar-refractivity contribution is 7.52. The number of nitrogen functional groups attached to an aromatic ring is 1. The van der Waals surface area contributed by atoms with E-state index < -0.39 is 50.5 Å². The summed E-state index contributed by atoms with van der Waals surface area (Å²) in [7, 11) is -3.07. The number of aliphatic hydroxyl groups excluding tert-OH is 1. The molecule has 2 aromatic heterocycles. The molecule has 216 valence electrons. The molecule has 0 amide bonds. The summed E-state index contributed by atoms with van der Waals surface area (Å²) >= 11 is 0. The number of imidazole rings is 1. The van der Waals surface area contributed by atoms with E-state index in [1.54, 1.807) is 30.3 Å². The molecule has 1 aromatic carbocycles. The standard InChI is InChI=1S/C24H31FN7O7P/c1-14(21(34)36-3)30-40(35,39-15-8-5-4-6-9-15)37-12-16-18(33)24(2,25)22(38-16)32-13-27-17-19(31-10-7-11-31)28-23(26)29-20(17)32/h4-6,8-9,13-14,16,18,22,33H,7,10-12H2,1-3H3,(H,30,35)(H2,26,28,29)/t14-,16+,18+,22+,24?,40?/m0/s1. The number of aliphatic hydroxyl groups is 1. The van der Waals surface area contributed by atoms with Crippen LogP contribution in [0.25, 0.3) is 11.2 Å². The molecule has 0 aliphatic carbocycles. The van der Waals surface area contributed by atoms with E-state index in [9.17, 15) is 14.5 Å². The number of rotatable bonds is 10. The van der Waals surface area contributed by atoms with Gasteiger partial charge in [-0.3, -0.25) is 13.9 Å². The number of carbonyl (C=O) groups excluding carboxylic acids is 1. The van der Waals surface area contributed by atoms with E-state index in [4.69, 9.17) is 19.5 Å². The number of alkyl halides is 1. The number of methoxy groups -OCH3 is 1. The molecule has 5 rings (SSSR count). The SMILES string of the molecule is COC(=O)[C@H](C)NP(=O)(OC[C@H]1O[C@@H](n2cnc3c(N4CCC4)nc(N)nc32)C(C)(F)[C@@H]1O)Oc1ccccc1. The fourth-order valence-corrected chi connectivity index (χ4v) is 6.04. The van der Waals surface area contributed by atoms with Gasteiger partial charge < -0.3 is 29.7 Å². The van der Waals surface area contributed by atoms with Crippen LogP contribution in [0.5, 0.6) is 5.75 Å². The highest BCUT2D eigenvalue weighted by Gasteiger charge is 2.56. The summed E-state index contributed by atoms with van der Waals surface area (Å²) in [5.74, 6) is 0.00719. The maximum absolute atomic E-state index is 16.0. The van der Waals surface area contributed by atoms with Gasteiger partial charge in [0.05, 0.1) is 20.0 Å². The first kappa shape index (κ1) is 28.2. The summed E-state index contributed by atoms with van der Waals surface area (Å²) in [4.78, 5) is 26.9. The van der Waals surface area contributed by atoms with Crippen molar-refractivity contribution < 1.29 is 37.4 Å². The smallest absolute Gasteiger partial charge is 0.459 e. The third-order valence-electron chi connectivity index (χ3n) is 6.83. The number of halogens is 1. The van der Waals surface area contributed by atoms with Crippen LogP contribution in [-0.2, 0) is 23.4 Å². The van der Waals surface area contributed by atoms with Gasteiger partial charge in [0.15, 0.2) is 28.9 Å². The van der Waals surface area contributed by atoms with Gasteiger partial charge in [-0.25, -0.2) is 13.9 Å². The van der Waals surface area contributed by atoms with Crippen LogP contribution in [0.3, 0.4) is 0 Å². The Morgan fingerprint density at radius 3 is 2.73 bits per heavy atom. The summed E-state index contributed by atoms with van der Waals surface area (Å²) < 4.78 is 52.8. The third kappa shape index (κ3) is 5.34. The molecule has 0 bridgehead atoms. The maximum atomic E-state index is 16.0. The van der Waals surface area contributed by atoms with Crippen molar-refractivity contribution in [2.75, 3.05) is 37.4 Å². The van der Waals surface area contributed by atoms with Crippen LogP contribution in [0.15, 0.2) is 36.7 Å². The summed E-state index contributed by atoms with van der Waals surface area (Å²) in [6, 6.07) is 7.07. The van der Waals surface area contributed by atoms with Gasteiger partial charge >= 0.3 is 13.7 Å². The van der Waals surface area contributed by atoms with Crippen molar-refractivity contribution in [2.45, 2.75) is 50.4 Å². The second-order valence-electron chi connectivity index (χ2n) is 9.76. The topological polar surface area (TPSA) is 176 Å². The number of nitrogens with two attached hydrogens (primary N) is 1.